The van der Waals surface area contributed by atoms with Crippen molar-refractivity contribution in [3.63, 3.8) is 0 Å². The maximum Gasteiger partial charge on any atom is 0.319 e. The quantitative estimate of drug-likeness (QED) is 0.528. The van der Waals surface area contributed by atoms with E-state index in [2.05, 4.69) is 26.6 Å². The number of carbonyl (C=O) groups excluding carboxylic acids is 1. The van der Waals surface area contributed by atoms with Crippen molar-refractivity contribution < 1.29 is 9.53 Å². The fourth-order valence-electron chi connectivity index (χ4n) is 1.81. The molecule has 2 aromatic rings. The minimum Gasteiger partial charge on any atom is -0.492 e. The van der Waals surface area contributed by atoms with Gasteiger partial charge in [0.1, 0.15) is 5.75 Å². The molecule has 0 aliphatic carbocycles. The molecule has 24 heavy (non-hydrogen) atoms. The molecule has 0 atom stereocenters. The number of rotatable bonds is 6. The van der Waals surface area contributed by atoms with Crippen LogP contribution in [0.5, 0.6) is 5.75 Å². The first kappa shape index (κ1) is 19.2. The smallest absolute Gasteiger partial charge is 0.319 e. The third-order valence-electron chi connectivity index (χ3n) is 2.93. The number of amides is 2. The molecule has 2 N–H and O–H groups in total. The zero-order valence-electron chi connectivity index (χ0n) is 12.4. The summed E-state index contributed by atoms with van der Waals surface area (Å²) in [5.41, 5.74) is 0.458. The molecule has 4 nitrogen and oxygen atoms in total. The number of nitrogens with one attached hydrogen (secondary N) is 2. The molecule has 0 aliphatic heterocycles. The highest BCUT2D eigenvalue weighted by molar-refractivity contribution is 9.10. The van der Waals surface area contributed by atoms with E-state index in [0.29, 0.717) is 46.1 Å². The number of carbonyl (C=O) groups is 1. The molecule has 2 rings (SSSR count). The summed E-state index contributed by atoms with van der Waals surface area (Å²) in [4.78, 5) is 11.8. The normalized spacial score (nSPS) is 10.3. The third-order valence-corrected chi connectivity index (χ3v) is 4.29. The number of urea groups is 1. The Morgan fingerprint density at radius 3 is 2.62 bits per heavy atom. The average Bonchev–Trinajstić information content (AvgIpc) is 2.52. The van der Waals surface area contributed by atoms with E-state index in [9.17, 15) is 4.79 Å². The van der Waals surface area contributed by atoms with Crippen LogP contribution in [0.15, 0.2) is 40.9 Å². The van der Waals surface area contributed by atoms with Crippen molar-refractivity contribution in [1.82, 2.24) is 5.32 Å². The predicted molar refractivity (Wildman–Crippen MR) is 103 cm³/mol. The van der Waals surface area contributed by atoms with Crippen LogP contribution in [-0.2, 0) is 0 Å². The SMILES string of the molecule is O=C(NCCCOc1ccc(Br)cc1Cl)Nc1cc(Cl)ccc1Cl. The Balaban J connectivity index is 1.70. The minimum absolute atomic E-state index is 0.360. The second-order valence-corrected chi connectivity index (χ2v) is 6.95. The van der Waals surface area contributed by atoms with Gasteiger partial charge in [-0.1, -0.05) is 50.7 Å². The lowest BCUT2D eigenvalue weighted by atomic mass is 10.3. The average molecular weight is 453 g/mol. The fourth-order valence-corrected chi connectivity index (χ4v) is 2.87. The van der Waals surface area contributed by atoms with Crippen LogP contribution in [0, 0.1) is 0 Å². The Hall–Kier alpha value is -1.14. The van der Waals surface area contributed by atoms with Gasteiger partial charge >= 0.3 is 6.03 Å². The molecule has 2 amide bonds. The van der Waals surface area contributed by atoms with Crippen molar-refractivity contribution in [1.29, 1.82) is 0 Å². The molecule has 0 aliphatic rings. The molecule has 0 unspecified atom stereocenters. The van der Waals surface area contributed by atoms with Crippen LogP contribution >= 0.6 is 50.7 Å². The van der Waals surface area contributed by atoms with Gasteiger partial charge < -0.3 is 15.4 Å². The van der Waals surface area contributed by atoms with Crippen LogP contribution in [0.4, 0.5) is 10.5 Å². The van der Waals surface area contributed by atoms with Crippen LogP contribution in [-0.4, -0.2) is 19.2 Å². The number of halogens is 4. The lowest BCUT2D eigenvalue weighted by molar-refractivity contribution is 0.250. The molecule has 8 heteroatoms. The summed E-state index contributed by atoms with van der Waals surface area (Å²) >= 11 is 21.2. The van der Waals surface area contributed by atoms with Crippen LogP contribution < -0.4 is 15.4 Å². The van der Waals surface area contributed by atoms with Crippen molar-refractivity contribution in [2.24, 2.45) is 0 Å². The third kappa shape index (κ3) is 6.06. The van der Waals surface area contributed by atoms with Crippen molar-refractivity contribution in [3.8, 4) is 5.75 Å². The highest BCUT2D eigenvalue weighted by Gasteiger charge is 2.06. The van der Waals surface area contributed by atoms with Gasteiger partial charge in [0.2, 0.25) is 0 Å². The van der Waals surface area contributed by atoms with E-state index in [0.717, 1.165) is 4.47 Å². The lowest BCUT2D eigenvalue weighted by Gasteiger charge is -2.10. The zero-order chi connectivity index (χ0) is 17.5. The van der Waals surface area contributed by atoms with Crippen molar-refractivity contribution in [2.75, 3.05) is 18.5 Å². The lowest BCUT2D eigenvalue weighted by Crippen LogP contribution is -2.30. The zero-order valence-corrected chi connectivity index (χ0v) is 16.3. The highest BCUT2D eigenvalue weighted by atomic mass is 79.9. The topological polar surface area (TPSA) is 50.4 Å². The summed E-state index contributed by atoms with van der Waals surface area (Å²) < 4.78 is 6.45. The summed E-state index contributed by atoms with van der Waals surface area (Å²) in [5, 5.41) is 6.80. The Labute approximate surface area is 163 Å². The molecule has 0 bridgehead atoms. The van der Waals surface area contributed by atoms with Crippen molar-refractivity contribution in [3.05, 3.63) is 55.9 Å². The van der Waals surface area contributed by atoms with Crippen LogP contribution in [0.1, 0.15) is 6.42 Å². The second kappa shape index (κ2) is 9.37. The van der Waals surface area contributed by atoms with Gasteiger partial charge in [0.25, 0.3) is 0 Å². The minimum atomic E-state index is -0.360. The molecule has 0 saturated heterocycles. The van der Waals surface area contributed by atoms with Gasteiger partial charge in [-0.3, -0.25) is 0 Å². The summed E-state index contributed by atoms with van der Waals surface area (Å²) in [7, 11) is 0. The molecular weight excluding hydrogens is 438 g/mol. The molecule has 2 aromatic carbocycles. The Bertz CT molecular complexity index is 728. The van der Waals surface area contributed by atoms with E-state index >= 15 is 0 Å². The highest BCUT2D eigenvalue weighted by Crippen LogP contribution is 2.28. The first-order chi connectivity index (χ1) is 11.5. The standard InChI is InChI=1S/C16H14BrCl3N2O2/c17-10-2-5-15(13(20)8-10)24-7-1-6-21-16(23)22-14-9-11(18)3-4-12(14)19/h2-5,8-9H,1,6-7H2,(H2,21,22,23). The Morgan fingerprint density at radius 1 is 1.08 bits per heavy atom. The monoisotopic (exact) mass is 450 g/mol. The molecular formula is C16H14BrCl3N2O2. The summed E-state index contributed by atoms with van der Waals surface area (Å²) in [5.74, 6) is 0.607. The maximum absolute atomic E-state index is 11.8. The van der Waals surface area contributed by atoms with Gasteiger partial charge in [0.15, 0.2) is 0 Å². The molecule has 0 radical (unpaired) electrons. The fraction of sp³-hybridized carbons (Fsp3) is 0.188. The number of hydrogen-bond donors (Lipinski definition) is 2. The summed E-state index contributed by atoms with van der Waals surface area (Å²) in [6, 6.07) is 9.89. The van der Waals surface area contributed by atoms with E-state index in [1.807, 2.05) is 6.07 Å². The summed E-state index contributed by atoms with van der Waals surface area (Å²) in [6.45, 7) is 0.873. The van der Waals surface area contributed by atoms with Gasteiger partial charge in [-0.25, -0.2) is 4.79 Å². The van der Waals surface area contributed by atoms with E-state index in [1.54, 1.807) is 30.3 Å². The Kier molecular flexibility index (Phi) is 7.49. The number of anilines is 1. The molecule has 0 saturated carbocycles. The van der Waals surface area contributed by atoms with Gasteiger partial charge in [-0.05, 0) is 42.8 Å². The van der Waals surface area contributed by atoms with Crippen molar-refractivity contribution in [2.45, 2.75) is 6.42 Å². The molecule has 0 aromatic heterocycles. The van der Waals surface area contributed by atoms with Crippen LogP contribution in [0.3, 0.4) is 0 Å². The van der Waals surface area contributed by atoms with E-state index in [1.165, 1.54) is 0 Å². The van der Waals surface area contributed by atoms with Crippen molar-refractivity contribution >= 4 is 62.5 Å². The van der Waals surface area contributed by atoms with Gasteiger partial charge in [0.05, 0.1) is 22.3 Å². The number of ether oxygens (including phenoxy) is 1. The van der Waals surface area contributed by atoms with Gasteiger partial charge in [-0.2, -0.15) is 0 Å². The van der Waals surface area contributed by atoms with Gasteiger partial charge in [0, 0.05) is 16.0 Å². The molecule has 0 fully saturated rings. The molecule has 128 valence electrons. The predicted octanol–water partition coefficient (Wildman–Crippen LogP) is 6.00. The van der Waals surface area contributed by atoms with E-state index in [4.69, 9.17) is 39.5 Å². The number of hydrogen-bond acceptors (Lipinski definition) is 2. The molecule has 0 heterocycles. The van der Waals surface area contributed by atoms with Crippen LogP contribution in [0.25, 0.3) is 0 Å². The first-order valence-electron chi connectivity index (χ1n) is 7.03. The second-order valence-electron chi connectivity index (χ2n) is 4.78. The molecule has 0 spiro atoms. The van der Waals surface area contributed by atoms with Crippen LogP contribution in [0.2, 0.25) is 15.1 Å². The largest absolute Gasteiger partial charge is 0.492 e. The Morgan fingerprint density at radius 2 is 1.88 bits per heavy atom. The van der Waals surface area contributed by atoms with E-state index in [-0.39, 0.29) is 6.03 Å². The maximum atomic E-state index is 11.8. The van der Waals surface area contributed by atoms with E-state index < -0.39 is 0 Å². The summed E-state index contributed by atoms with van der Waals surface area (Å²) in [6.07, 6.45) is 0.628. The number of benzene rings is 2. The van der Waals surface area contributed by atoms with Gasteiger partial charge in [-0.15, -0.1) is 0 Å². The first-order valence-corrected chi connectivity index (χ1v) is 8.96.